The van der Waals surface area contributed by atoms with E-state index in [1.54, 1.807) is 16.0 Å². The predicted molar refractivity (Wildman–Crippen MR) is 90.1 cm³/mol. The molecule has 1 aliphatic rings. The molecule has 7 nitrogen and oxygen atoms in total. The van der Waals surface area contributed by atoms with Gasteiger partial charge in [0.05, 0.1) is 12.1 Å². The zero-order valence-electron chi connectivity index (χ0n) is 13.7. The summed E-state index contributed by atoms with van der Waals surface area (Å²) in [5, 5.41) is 6.66. The number of carbonyl (C=O) groups is 2. The number of aromatic amines is 1. The molecule has 0 saturated carbocycles. The summed E-state index contributed by atoms with van der Waals surface area (Å²) in [5.41, 5.74) is 7.07. The molecule has 0 unspecified atom stereocenters. The summed E-state index contributed by atoms with van der Waals surface area (Å²) < 4.78 is 0. The normalized spacial score (nSPS) is 21.3. The Hall–Kier alpha value is -1.60. The summed E-state index contributed by atoms with van der Waals surface area (Å²) in [6, 6.07) is -0.0436. The quantitative estimate of drug-likeness (QED) is 0.828. The van der Waals surface area contributed by atoms with Gasteiger partial charge < -0.3 is 15.5 Å². The summed E-state index contributed by atoms with van der Waals surface area (Å²) in [5.74, 6) is -0.0909. The minimum Gasteiger partial charge on any atom is -0.345 e. The van der Waals surface area contributed by atoms with Gasteiger partial charge in [-0.1, -0.05) is 0 Å². The lowest BCUT2D eigenvalue weighted by atomic mass is 10.0. The van der Waals surface area contributed by atoms with Gasteiger partial charge in [0.1, 0.15) is 0 Å². The molecule has 2 heterocycles. The van der Waals surface area contributed by atoms with Crippen molar-refractivity contribution in [2.24, 2.45) is 11.7 Å². The second-order valence-electron chi connectivity index (χ2n) is 6.07. The van der Waals surface area contributed by atoms with Gasteiger partial charge in [-0.05, 0) is 24.8 Å². The van der Waals surface area contributed by atoms with Crippen LogP contribution in [0.3, 0.4) is 0 Å². The van der Waals surface area contributed by atoms with Crippen LogP contribution in [0.25, 0.3) is 0 Å². The lowest BCUT2D eigenvalue weighted by Crippen LogP contribution is -2.42. The molecule has 1 aromatic heterocycles. The molecule has 0 bridgehead atoms. The minimum atomic E-state index is -0.160. The molecule has 2 amide bonds. The highest BCUT2D eigenvalue weighted by atomic mass is 35.5. The van der Waals surface area contributed by atoms with Crippen LogP contribution in [0.1, 0.15) is 25.3 Å². The van der Waals surface area contributed by atoms with Crippen LogP contribution in [0.2, 0.25) is 0 Å². The number of halogens is 1. The molecular weight excluding hydrogens is 318 g/mol. The van der Waals surface area contributed by atoms with E-state index in [0.717, 1.165) is 24.8 Å². The summed E-state index contributed by atoms with van der Waals surface area (Å²) in [6.45, 7) is 3.18. The van der Waals surface area contributed by atoms with Gasteiger partial charge in [-0.3, -0.25) is 14.7 Å². The highest BCUT2D eigenvalue weighted by Crippen LogP contribution is 2.18. The van der Waals surface area contributed by atoms with E-state index in [-0.39, 0.29) is 36.2 Å². The monoisotopic (exact) mass is 343 g/mol. The minimum absolute atomic E-state index is 0. The van der Waals surface area contributed by atoms with Gasteiger partial charge in [-0.15, -0.1) is 12.4 Å². The van der Waals surface area contributed by atoms with E-state index in [1.165, 1.54) is 6.92 Å². The fourth-order valence-electron chi connectivity index (χ4n) is 2.81. The van der Waals surface area contributed by atoms with Gasteiger partial charge in [0, 0.05) is 45.8 Å². The first kappa shape index (κ1) is 19.4. The second kappa shape index (κ2) is 8.88. The lowest BCUT2D eigenvalue weighted by molar-refractivity contribution is -0.136. The number of nitrogens with zero attached hydrogens (tertiary/aromatic N) is 3. The van der Waals surface area contributed by atoms with E-state index >= 15 is 0 Å². The van der Waals surface area contributed by atoms with Crippen LogP contribution >= 0.6 is 12.4 Å². The number of aromatic nitrogens is 2. The fourth-order valence-corrected chi connectivity index (χ4v) is 2.81. The van der Waals surface area contributed by atoms with E-state index in [0.29, 0.717) is 19.6 Å². The Kier molecular flexibility index (Phi) is 7.51. The van der Waals surface area contributed by atoms with Gasteiger partial charge in [-0.25, -0.2) is 0 Å². The predicted octanol–water partition coefficient (Wildman–Crippen LogP) is 0.418. The fraction of sp³-hybridized carbons (Fsp3) is 0.667. The molecule has 23 heavy (non-hydrogen) atoms. The Morgan fingerprint density at radius 2 is 2.17 bits per heavy atom. The van der Waals surface area contributed by atoms with Gasteiger partial charge >= 0.3 is 0 Å². The Bertz CT molecular complexity index is 508. The third-order valence-electron chi connectivity index (χ3n) is 4.24. The maximum atomic E-state index is 12.6. The zero-order valence-corrected chi connectivity index (χ0v) is 14.5. The molecule has 1 aliphatic heterocycles. The number of H-pyrrole nitrogens is 1. The first-order chi connectivity index (χ1) is 10.5. The molecule has 1 fully saturated rings. The van der Waals surface area contributed by atoms with Crippen molar-refractivity contribution in [2.75, 3.05) is 26.7 Å². The molecule has 1 aromatic rings. The number of carbonyl (C=O) groups excluding carboxylic acids is 2. The van der Waals surface area contributed by atoms with Crippen LogP contribution in [0.15, 0.2) is 12.4 Å². The van der Waals surface area contributed by atoms with Crippen molar-refractivity contribution >= 4 is 24.2 Å². The summed E-state index contributed by atoms with van der Waals surface area (Å²) in [6.07, 6.45) is 5.87. The van der Waals surface area contributed by atoms with Crippen molar-refractivity contribution in [3.05, 3.63) is 18.0 Å². The largest absolute Gasteiger partial charge is 0.345 e. The second-order valence-corrected chi connectivity index (χ2v) is 6.07. The standard InChI is InChI=1S/C15H25N5O2.ClH/c1-11(21)20-9-13(3-4-14(16)10-20)15(22)19(2)6-5-12-7-17-18-8-12;/h7-8,13-14H,3-6,9-10,16H2,1-2H3,(H,17,18);1H/t13-,14+;/m1./s1. The molecule has 0 aliphatic carbocycles. The lowest BCUT2D eigenvalue weighted by Gasteiger charge is -2.26. The average Bonchev–Trinajstić information content (AvgIpc) is 2.92. The summed E-state index contributed by atoms with van der Waals surface area (Å²) in [7, 11) is 1.81. The molecule has 0 radical (unpaired) electrons. The van der Waals surface area contributed by atoms with Crippen molar-refractivity contribution in [1.82, 2.24) is 20.0 Å². The van der Waals surface area contributed by atoms with Crippen LogP contribution < -0.4 is 5.73 Å². The SMILES string of the molecule is CC(=O)N1C[C@@H](N)CC[C@@H](C(=O)N(C)CCc2cn[nH]c2)C1.Cl. The first-order valence-electron chi connectivity index (χ1n) is 7.71. The molecule has 0 spiro atoms. The van der Waals surface area contributed by atoms with E-state index in [9.17, 15) is 9.59 Å². The van der Waals surface area contributed by atoms with Crippen molar-refractivity contribution < 1.29 is 9.59 Å². The Balaban J connectivity index is 0.00000264. The molecule has 2 rings (SSSR count). The van der Waals surface area contributed by atoms with Crippen LogP contribution in [0.5, 0.6) is 0 Å². The number of hydrogen-bond acceptors (Lipinski definition) is 4. The third-order valence-corrected chi connectivity index (χ3v) is 4.24. The van der Waals surface area contributed by atoms with E-state index < -0.39 is 0 Å². The number of rotatable bonds is 4. The molecule has 1 saturated heterocycles. The molecule has 0 aromatic carbocycles. The Morgan fingerprint density at radius 1 is 1.43 bits per heavy atom. The van der Waals surface area contributed by atoms with Crippen LogP contribution in [0.4, 0.5) is 0 Å². The van der Waals surface area contributed by atoms with Crippen LogP contribution in [-0.2, 0) is 16.0 Å². The highest BCUT2D eigenvalue weighted by molar-refractivity contribution is 5.85. The molecule has 3 N–H and O–H groups in total. The number of nitrogens with one attached hydrogen (secondary N) is 1. The van der Waals surface area contributed by atoms with E-state index in [4.69, 9.17) is 5.73 Å². The Morgan fingerprint density at radius 3 is 2.78 bits per heavy atom. The number of likely N-dealkylation sites (tertiary alicyclic amines) is 1. The Labute approximate surface area is 143 Å². The number of hydrogen-bond donors (Lipinski definition) is 2. The summed E-state index contributed by atoms with van der Waals surface area (Å²) in [4.78, 5) is 27.7. The van der Waals surface area contributed by atoms with Crippen molar-refractivity contribution in [1.29, 1.82) is 0 Å². The van der Waals surface area contributed by atoms with E-state index in [1.807, 2.05) is 13.2 Å². The van der Waals surface area contributed by atoms with Crippen molar-refractivity contribution in [3.63, 3.8) is 0 Å². The molecular formula is C15H26ClN5O2. The maximum absolute atomic E-state index is 12.6. The van der Waals surface area contributed by atoms with Crippen molar-refractivity contribution in [3.8, 4) is 0 Å². The molecule has 130 valence electrons. The molecule has 2 atom stereocenters. The average molecular weight is 344 g/mol. The van der Waals surface area contributed by atoms with Gasteiger partial charge in [0.25, 0.3) is 0 Å². The molecule has 8 heteroatoms. The van der Waals surface area contributed by atoms with Gasteiger partial charge in [0.15, 0.2) is 0 Å². The van der Waals surface area contributed by atoms with E-state index in [2.05, 4.69) is 10.2 Å². The third kappa shape index (κ3) is 5.51. The number of amides is 2. The highest BCUT2D eigenvalue weighted by Gasteiger charge is 2.29. The topological polar surface area (TPSA) is 95.3 Å². The summed E-state index contributed by atoms with van der Waals surface area (Å²) >= 11 is 0. The van der Waals surface area contributed by atoms with Crippen LogP contribution in [-0.4, -0.2) is 64.5 Å². The zero-order chi connectivity index (χ0) is 16.1. The van der Waals surface area contributed by atoms with Gasteiger partial charge in [0.2, 0.25) is 11.8 Å². The van der Waals surface area contributed by atoms with Crippen LogP contribution in [0, 0.1) is 5.92 Å². The maximum Gasteiger partial charge on any atom is 0.227 e. The van der Waals surface area contributed by atoms with Gasteiger partial charge in [-0.2, -0.15) is 5.10 Å². The number of likely N-dealkylation sites (N-methyl/N-ethyl adjacent to an activating group) is 1. The first-order valence-corrected chi connectivity index (χ1v) is 7.71. The van der Waals surface area contributed by atoms with Crippen molar-refractivity contribution in [2.45, 2.75) is 32.2 Å². The smallest absolute Gasteiger partial charge is 0.227 e. The number of nitrogens with two attached hydrogens (primary N) is 1.